The Balaban J connectivity index is 1.59. The van der Waals surface area contributed by atoms with Gasteiger partial charge in [0.15, 0.2) is 0 Å². The van der Waals surface area contributed by atoms with Crippen LogP contribution in [0.2, 0.25) is 0 Å². The van der Waals surface area contributed by atoms with Crippen LogP contribution in [0.1, 0.15) is 27.2 Å². The molecule has 0 radical (unpaired) electrons. The van der Waals surface area contributed by atoms with E-state index < -0.39 is 11.7 Å². The molecule has 0 atom stereocenters. The lowest BCUT2D eigenvalue weighted by Gasteiger charge is -2.19. The number of pyridine rings is 1. The molecule has 3 N–H and O–H groups in total. The first-order chi connectivity index (χ1) is 14.2. The summed E-state index contributed by atoms with van der Waals surface area (Å²) in [6.45, 7) is 5.98. The number of hydrogen-bond acceptors (Lipinski definition) is 6. The van der Waals surface area contributed by atoms with E-state index in [1.807, 2.05) is 0 Å². The van der Waals surface area contributed by atoms with Crippen LogP contribution in [0.3, 0.4) is 0 Å². The van der Waals surface area contributed by atoms with Gasteiger partial charge in [-0.05, 0) is 67.4 Å². The minimum absolute atomic E-state index is 0.0194. The Morgan fingerprint density at radius 2 is 1.77 bits per heavy atom. The van der Waals surface area contributed by atoms with E-state index in [0.29, 0.717) is 39.9 Å². The summed E-state index contributed by atoms with van der Waals surface area (Å²) >= 11 is 3.37. The predicted molar refractivity (Wildman–Crippen MR) is 117 cm³/mol. The fourth-order valence-corrected chi connectivity index (χ4v) is 3.21. The average molecular weight is 478 g/mol. The molecule has 0 spiro atoms. The van der Waals surface area contributed by atoms with Gasteiger partial charge in [-0.3, -0.25) is 9.88 Å². The largest absolute Gasteiger partial charge is 0.494 e. The molecular weight excluding hydrogens is 454 g/mol. The smallest absolute Gasteiger partial charge is 0.413 e. The van der Waals surface area contributed by atoms with E-state index in [1.165, 1.54) is 4.57 Å². The topological polar surface area (TPSA) is 106 Å². The van der Waals surface area contributed by atoms with Crippen LogP contribution in [0.15, 0.2) is 40.9 Å². The fraction of sp³-hybridized carbons (Fsp3) is 0.333. The Kier molecular flexibility index (Phi) is 6.40. The zero-order valence-corrected chi connectivity index (χ0v) is 18.6. The second-order valence-corrected chi connectivity index (χ2v) is 8.51. The molecule has 1 amide bonds. The van der Waals surface area contributed by atoms with E-state index in [-0.39, 0.29) is 18.4 Å². The minimum atomic E-state index is -0.612. The molecule has 2 heterocycles. The molecule has 0 saturated heterocycles. The van der Waals surface area contributed by atoms with Crippen LogP contribution in [0.4, 0.5) is 10.6 Å². The summed E-state index contributed by atoms with van der Waals surface area (Å²) in [6, 6.07) is 10.4. The number of hydrogen-bond donors (Lipinski definition) is 3. The van der Waals surface area contributed by atoms with Crippen molar-refractivity contribution in [2.75, 3.05) is 11.9 Å². The number of fused-ring (bicyclic) bond motifs is 1. The van der Waals surface area contributed by atoms with Crippen molar-refractivity contribution in [2.24, 2.45) is 0 Å². The normalized spacial score (nSPS) is 11.5. The molecule has 0 aliphatic heterocycles. The first-order valence-corrected chi connectivity index (χ1v) is 10.2. The molecule has 0 bridgehead atoms. The number of aromatic nitrogens is 2. The van der Waals surface area contributed by atoms with Crippen molar-refractivity contribution in [3.63, 3.8) is 0 Å². The number of carbonyl (C=O) groups is 1. The number of nitrogens with one attached hydrogen (secondary N) is 1. The van der Waals surface area contributed by atoms with Gasteiger partial charge in [0.1, 0.15) is 11.4 Å². The maximum absolute atomic E-state index is 11.9. The van der Waals surface area contributed by atoms with Crippen LogP contribution in [0, 0.1) is 0 Å². The molecule has 2 aromatic heterocycles. The van der Waals surface area contributed by atoms with Crippen molar-refractivity contribution in [2.45, 2.75) is 39.3 Å². The molecule has 0 aliphatic rings. The zero-order chi connectivity index (χ0) is 21.9. The second-order valence-electron chi connectivity index (χ2n) is 7.66. The third-order valence-electron chi connectivity index (χ3n) is 4.13. The summed E-state index contributed by atoms with van der Waals surface area (Å²) in [5, 5.41) is 24.4. The third-order valence-corrected chi connectivity index (χ3v) is 4.73. The van der Waals surface area contributed by atoms with E-state index in [2.05, 4.69) is 26.2 Å². The molecule has 0 unspecified atom stereocenters. The van der Waals surface area contributed by atoms with Gasteiger partial charge in [-0.1, -0.05) is 12.1 Å². The Bertz CT molecular complexity index is 1020. The number of benzene rings is 1. The van der Waals surface area contributed by atoms with E-state index >= 15 is 0 Å². The van der Waals surface area contributed by atoms with Gasteiger partial charge in [0, 0.05) is 17.3 Å². The Labute approximate surface area is 182 Å². The number of amides is 1. The van der Waals surface area contributed by atoms with Crippen molar-refractivity contribution in [3.05, 3.63) is 40.9 Å². The first kappa shape index (κ1) is 21.8. The monoisotopic (exact) mass is 477 g/mol. The summed E-state index contributed by atoms with van der Waals surface area (Å²) in [5.41, 5.74) is -0.612. The van der Waals surface area contributed by atoms with Gasteiger partial charge in [-0.25, -0.2) is 4.79 Å². The van der Waals surface area contributed by atoms with Crippen molar-refractivity contribution in [3.8, 4) is 17.6 Å². The molecule has 1 aromatic carbocycles. The number of carbonyl (C=O) groups excluding carboxylic acids is 1. The lowest BCUT2D eigenvalue weighted by molar-refractivity contribution is 0.0635. The quantitative estimate of drug-likeness (QED) is 0.430. The fourth-order valence-electron chi connectivity index (χ4n) is 2.87. The number of nitrogens with zero attached hydrogens (tertiary/aromatic N) is 2. The van der Waals surface area contributed by atoms with Crippen LogP contribution in [0.25, 0.3) is 10.8 Å². The summed E-state index contributed by atoms with van der Waals surface area (Å²) in [5.74, 6) is 0.654. The van der Waals surface area contributed by atoms with Crippen LogP contribution in [0.5, 0.6) is 17.6 Å². The predicted octanol–water partition coefficient (Wildman–Crippen LogP) is 5.03. The standard InChI is InChI=1S/C21H24BrN3O5/c1-21(2,3)30-20(28)24-16-10-9-15(22)17(23-16)29-12-6-11-25-18(26)13-7-4-5-8-14(13)19(25)27/h4-5,7-10,26-27H,6,11-12H2,1-3H3,(H,23,24,28). The highest BCUT2D eigenvalue weighted by atomic mass is 79.9. The SMILES string of the molecule is CC(C)(C)OC(=O)Nc1ccc(Br)c(OCCCn2c(O)c3ccccc3c2O)n1. The maximum Gasteiger partial charge on any atom is 0.413 e. The van der Waals surface area contributed by atoms with Gasteiger partial charge < -0.3 is 19.7 Å². The van der Waals surface area contributed by atoms with E-state index in [0.717, 1.165) is 0 Å². The van der Waals surface area contributed by atoms with E-state index in [1.54, 1.807) is 57.2 Å². The van der Waals surface area contributed by atoms with Crippen molar-refractivity contribution >= 4 is 38.6 Å². The maximum atomic E-state index is 11.9. The first-order valence-electron chi connectivity index (χ1n) is 9.44. The highest BCUT2D eigenvalue weighted by Gasteiger charge is 2.17. The lowest BCUT2D eigenvalue weighted by atomic mass is 10.2. The molecule has 3 rings (SSSR count). The van der Waals surface area contributed by atoms with Gasteiger partial charge in [0.25, 0.3) is 0 Å². The van der Waals surface area contributed by atoms with Crippen LogP contribution >= 0.6 is 15.9 Å². The summed E-state index contributed by atoms with van der Waals surface area (Å²) < 4.78 is 13.0. The summed E-state index contributed by atoms with van der Waals surface area (Å²) in [4.78, 5) is 16.2. The van der Waals surface area contributed by atoms with Gasteiger partial charge in [0.05, 0.1) is 11.1 Å². The molecule has 0 aliphatic carbocycles. The van der Waals surface area contributed by atoms with Crippen molar-refractivity contribution in [1.29, 1.82) is 0 Å². The second kappa shape index (κ2) is 8.83. The van der Waals surface area contributed by atoms with Crippen LogP contribution < -0.4 is 10.1 Å². The molecule has 9 heteroatoms. The van der Waals surface area contributed by atoms with Crippen molar-refractivity contribution < 1.29 is 24.5 Å². The molecule has 30 heavy (non-hydrogen) atoms. The molecule has 3 aromatic rings. The van der Waals surface area contributed by atoms with E-state index in [9.17, 15) is 15.0 Å². The van der Waals surface area contributed by atoms with Gasteiger partial charge in [0.2, 0.25) is 17.6 Å². The number of anilines is 1. The molecular formula is C21H24BrN3O5. The average Bonchev–Trinajstić information content (AvgIpc) is 2.91. The Morgan fingerprint density at radius 1 is 1.13 bits per heavy atom. The number of aromatic hydroxyl groups is 2. The lowest BCUT2D eigenvalue weighted by Crippen LogP contribution is -2.27. The van der Waals surface area contributed by atoms with Crippen molar-refractivity contribution in [1.82, 2.24) is 9.55 Å². The zero-order valence-electron chi connectivity index (χ0n) is 17.0. The van der Waals surface area contributed by atoms with Crippen LogP contribution in [-0.2, 0) is 11.3 Å². The van der Waals surface area contributed by atoms with Crippen LogP contribution in [-0.4, -0.2) is 38.1 Å². The van der Waals surface area contributed by atoms with Gasteiger partial charge in [-0.15, -0.1) is 0 Å². The van der Waals surface area contributed by atoms with Gasteiger partial charge in [-0.2, -0.15) is 4.98 Å². The van der Waals surface area contributed by atoms with Gasteiger partial charge >= 0.3 is 6.09 Å². The highest BCUT2D eigenvalue weighted by molar-refractivity contribution is 9.10. The molecule has 160 valence electrons. The molecule has 0 fully saturated rings. The summed E-state index contributed by atoms with van der Waals surface area (Å²) in [6.07, 6.45) is -0.0890. The Hall–Kier alpha value is -2.94. The highest BCUT2D eigenvalue weighted by Crippen LogP contribution is 2.36. The minimum Gasteiger partial charge on any atom is -0.494 e. The number of ether oxygens (including phenoxy) is 2. The molecule has 8 nitrogen and oxygen atoms in total. The molecule has 0 saturated carbocycles. The number of halogens is 1. The summed E-state index contributed by atoms with van der Waals surface area (Å²) in [7, 11) is 0. The Morgan fingerprint density at radius 3 is 2.37 bits per heavy atom. The van der Waals surface area contributed by atoms with E-state index in [4.69, 9.17) is 9.47 Å². The third kappa shape index (κ3) is 5.15. The number of rotatable bonds is 6.